The summed E-state index contributed by atoms with van der Waals surface area (Å²) < 4.78 is 26.9. The highest BCUT2D eigenvalue weighted by molar-refractivity contribution is 7.91. The molecular weight excluding hydrogens is 410 g/mol. The number of carbonyl (C=O) groups excluding carboxylic acids is 1. The SMILES string of the molecule is O=C(CNS(=O)(=O)c1cccs1)N1C[C@@H](Cc2ccnc3ccccc23)[C@@H](O)C1. The van der Waals surface area contributed by atoms with Gasteiger partial charge in [-0.25, -0.2) is 13.1 Å². The number of para-hydroxylation sites is 1. The molecule has 1 amide bonds. The van der Waals surface area contributed by atoms with Crippen LogP contribution in [-0.4, -0.2) is 55.1 Å². The molecule has 2 aromatic heterocycles. The fourth-order valence-electron chi connectivity index (χ4n) is 3.63. The Hall–Kier alpha value is -2.33. The van der Waals surface area contributed by atoms with Crippen molar-refractivity contribution in [2.45, 2.75) is 16.7 Å². The lowest BCUT2D eigenvalue weighted by Crippen LogP contribution is -2.39. The third-order valence-corrected chi connectivity index (χ3v) is 7.95. The normalized spacial score (nSPS) is 19.7. The third kappa shape index (κ3) is 4.32. The van der Waals surface area contributed by atoms with Gasteiger partial charge in [-0.15, -0.1) is 11.3 Å². The van der Waals surface area contributed by atoms with Crippen molar-refractivity contribution in [1.29, 1.82) is 0 Å². The number of carbonyl (C=O) groups is 1. The number of thiophene rings is 1. The summed E-state index contributed by atoms with van der Waals surface area (Å²) in [6, 6.07) is 12.9. The molecule has 0 radical (unpaired) electrons. The smallest absolute Gasteiger partial charge is 0.250 e. The largest absolute Gasteiger partial charge is 0.391 e. The van der Waals surface area contributed by atoms with Gasteiger partial charge in [0.15, 0.2) is 0 Å². The van der Waals surface area contributed by atoms with Crippen molar-refractivity contribution in [3.05, 3.63) is 59.6 Å². The van der Waals surface area contributed by atoms with Crippen LogP contribution in [0.15, 0.2) is 58.3 Å². The van der Waals surface area contributed by atoms with Crippen LogP contribution in [-0.2, 0) is 21.2 Å². The number of β-amino-alcohol motifs (C(OH)–C–C–N with tert-alkyl or cyclic N) is 1. The zero-order valence-electron chi connectivity index (χ0n) is 15.6. The van der Waals surface area contributed by atoms with Crippen molar-refractivity contribution in [2.75, 3.05) is 19.6 Å². The van der Waals surface area contributed by atoms with Crippen LogP contribution in [0.3, 0.4) is 0 Å². The van der Waals surface area contributed by atoms with Crippen molar-refractivity contribution in [1.82, 2.24) is 14.6 Å². The minimum absolute atomic E-state index is 0.112. The molecule has 29 heavy (non-hydrogen) atoms. The van der Waals surface area contributed by atoms with Gasteiger partial charge >= 0.3 is 0 Å². The number of aliphatic hydroxyl groups excluding tert-OH is 1. The predicted octanol–water partition coefficient (Wildman–Crippen LogP) is 1.64. The Bertz CT molecular complexity index is 1110. The summed E-state index contributed by atoms with van der Waals surface area (Å²) in [4.78, 5) is 18.4. The molecule has 3 aromatic rings. The molecule has 2 atom stereocenters. The molecule has 3 heterocycles. The average Bonchev–Trinajstić information content (AvgIpc) is 3.38. The Morgan fingerprint density at radius 1 is 1.21 bits per heavy atom. The van der Waals surface area contributed by atoms with Gasteiger partial charge in [-0.2, -0.15) is 0 Å². The number of hydrogen-bond donors (Lipinski definition) is 2. The lowest BCUT2D eigenvalue weighted by atomic mass is 9.94. The van der Waals surface area contributed by atoms with Gasteiger partial charge in [-0.05, 0) is 35.6 Å². The van der Waals surface area contributed by atoms with Crippen molar-refractivity contribution in [2.24, 2.45) is 5.92 Å². The first-order valence-electron chi connectivity index (χ1n) is 9.26. The summed E-state index contributed by atoms with van der Waals surface area (Å²) in [5.41, 5.74) is 1.97. The van der Waals surface area contributed by atoms with Gasteiger partial charge in [0, 0.05) is 30.6 Å². The Labute approximate surface area is 173 Å². The minimum Gasteiger partial charge on any atom is -0.391 e. The van der Waals surface area contributed by atoms with E-state index in [1.807, 2.05) is 30.3 Å². The Morgan fingerprint density at radius 3 is 2.83 bits per heavy atom. The lowest BCUT2D eigenvalue weighted by molar-refractivity contribution is -0.129. The number of benzene rings is 1. The van der Waals surface area contributed by atoms with Gasteiger partial charge in [0.25, 0.3) is 10.0 Å². The first kappa shape index (κ1) is 20.0. The molecule has 1 aliphatic rings. The van der Waals surface area contributed by atoms with E-state index in [4.69, 9.17) is 0 Å². The van der Waals surface area contributed by atoms with E-state index in [2.05, 4.69) is 9.71 Å². The summed E-state index contributed by atoms with van der Waals surface area (Å²) in [6.07, 6.45) is 1.72. The maximum absolute atomic E-state index is 12.5. The number of likely N-dealkylation sites (tertiary alicyclic amines) is 1. The number of rotatable bonds is 6. The molecule has 0 unspecified atom stereocenters. The molecule has 2 N–H and O–H groups in total. The van der Waals surface area contributed by atoms with Crippen molar-refractivity contribution in [3.8, 4) is 0 Å². The average molecular weight is 432 g/mol. The van der Waals surface area contributed by atoms with Crippen LogP contribution in [0.4, 0.5) is 0 Å². The molecule has 1 aliphatic heterocycles. The number of pyridine rings is 1. The van der Waals surface area contributed by atoms with Crippen LogP contribution in [0, 0.1) is 5.92 Å². The molecule has 1 saturated heterocycles. The monoisotopic (exact) mass is 431 g/mol. The fraction of sp³-hybridized carbons (Fsp3) is 0.300. The second-order valence-electron chi connectivity index (χ2n) is 7.07. The van der Waals surface area contributed by atoms with E-state index >= 15 is 0 Å². The van der Waals surface area contributed by atoms with Crippen LogP contribution >= 0.6 is 11.3 Å². The molecule has 9 heteroatoms. The number of aromatic nitrogens is 1. The molecule has 0 bridgehead atoms. The lowest BCUT2D eigenvalue weighted by Gasteiger charge is -2.17. The van der Waals surface area contributed by atoms with Gasteiger partial charge in [0.2, 0.25) is 5.91 Å². The standard InChI is InChI=1S/C20H21N3O4S2/c24-18-13-23(19(25)11-22-29(26,27)20-6-3-9-28-20)12-15(18)10-14-7-8-21-17-5-2-1-4-16(14)17/h1-9,15,18,22,24H,10-13H2/t15-,18+/m1/s1. The van der Waals surface area contributed by atoms with Gasteiger partial charge in [0.1, 0.15) is 4.21 Å². The number of sulfonamides is 1. The first-order chi connectivity index (χ1) is 13.9. The molecule has 0 spiro atoms. The molecular formula is C20H21N3O4S2. The number of fused-ring (bicyclic) bond motifs is 1. The number of nitrogens with one attached hydrogen (secondary N) is 1. The van der Waals surface area contributed by atoms with Gasteiger partial charge in [0.05, 0.1) is 18.2 Å². The van der Waals surface area contributed by atoms with Crippen molar-refractivity contribution in [3.63, 3.8) is 0 Å². The molecule has 152 valence electrons. The van der Waals surface area contributed by atoms with Crippen LogP contribution in [0.25, 0.3) is 10.9 Å². The third-order valence-electron chi connectivity index (χ3n) is 5.15. The molecule has 0 aliphatic carbocycles. The highest BCUT2D eigenvalue weighted by Gasteiger charge is 2.34. The number of nitrogens with zero attached hydrogens (tertiary/aromatic N) is 2. The molecule has 0 saturated carbocycles. The van der Waals surface area contributed by atoms with Crippen LogP contribution < -0.4 is 4.72 Å². The van der Waals surface area contributed by atoms with E-state index in [0.29, 0.717) is 13.0 Å². The zero-order valence-corrected chi connectivity index (χ0v) is 17.2. The number of amides is 1. The van der Waals surface area contributed by atoms with E-state index < -0.39 is 16.1 Å². The summed E-state index contributed by atoms with van der Waals surface area (Å²) in [5, 5.41) is 13.2. The van der Waals surface area contributed by atoms with E-state index in [0.717, 1.165) is 27.8 Å². The van der Waals surface area contributed by atoms with Crippen LogP contribution in [0.5, 0.6) is 0 Å². The topological polar surface area (TPSA) is 99.6 Å². The van der Waals surface area contributed by atoms with Crippen LogP contribution in [0.2, 0.25) is 0 Å². The fourth-order valence-corrected chi connectivity index (χ4v) is 5.64. The second-order valence-corrected chi connectivity index (χ2v) is 10.0. The molecule has 4 rings (SSSR count). The highest BCUT2D eigenvalue weighted by Crippen LogP contribution is 2.25. The number of aliphatic hydroxyl groups is 1. The number of hydrogen-bond acceptors (Lipinski definition) is 6. The van der Waals surface area contributed by atoms with E-state index in [9.17, 15) is 18.3 Å². The maximum atomic E-state index is 12.5. The van der Waals surface area contributed by atoms with E-state index in [1.54, 1.807) is 17.6 Å². The van der Waals surface area contributed by atoms with Gasteiger partial charge in [-0.3, -0.25) is 9.78 Å². The van der Waals surface area contributed by atoms with Crippen LogP contribution in [0.1, 0.15) is 5.56 Å². The Morgan fingerprint density at radius 2 is 2.03 bits per heavy atom. The summed E-state index contributed by atoms with van der Waals surface area (Å²) in [7, 11) is -3.69. The highest BCUT2D eigenvalue weighted by atomic mass is 32.2. The molecule has 7 nitrogen and oxygen atoms in total. The van der Waals surface area contributed by atoms with Crippen molar-refractivity contribution >= 4 is 38.2 Å². The van der Waals surface area contributed by atoms with E-state index in [1.165, 1.54) is 11.0 Å². The first-order valence-corrected chi connectivity index (χ1v) is 11.6. The Kier molecular flexibility index (Phi) is 5.64. The van der Waals surface area contributed by atoms with E-state index in [-0.39, 0.29) is 29.1 Å². The molecule has 1 fully saturated rings. The summed E-state index contributed by atoms with van der Waals surface area (Å²) >= 11 is 1.10. The van der Waals surface area contributed by atoms with Crippen molar-refractivity contribution < 1.29 is 18.3 Å². The maximum Gasteiger partial charge on any atom is 0.250 e. The second kappa shape index (κ2) is 8.19. The molecule has 1 aromatic carbocycles. The summed E-state index contributed by atoms with van der Waals surface area (Å²) in [6.45, 7) is 0.266. The summed E-state index contributed by atoms with van der Waals surface area (Å²) in [5.74, 6) is -0.454. The Balaban J connectivity index is 1.40. The predicted molar refractivity (Wildman–Crippen MR) is 111 cm³/mol. The minimum atomic E-state index is -3.69. The van der Waals surface area contributed by atoms with Gasteiger partial charge < -0.3 is 10.0 Å². The van der Waals surface area contributed by atoms with Gasteiger partial charge in [-0.1, -0.05) is 24.3 Å². The zero-order chi connectivity index (χ0) is 20.4. The quantitative estimate of drug-likeness (QED) is 0.618.